The van der Waals surface area contributed by atoms with E-state index in [9.17, 15) is 14.9 Å². The Morgan fingerprint density at radius 3 is 2.76 bits per heavy atom. The molecule has 1 aromatic carbocycles. The second-order valence-corrected chi connectivity index (χ2v) is 3.48. The number of nitrogens with two attached hydrogens (primary N) is 1. The van der Waals surface area contributed by atoms with Crippen LogP contribution in [0.25, 0.3) is 0 Å². The van der Waals surface area contributed by atoms with Gasteiger partial charge in [0.1, 0.15) is 5.56 Å². The number of nitro benzene ring substituents is 1. The van der Waals surface area contributed by atoms with Gasteiger partial charge in [-0.05, 0) is 12.1 Å². The molecule has 0 atom stereocenters. The van der Waals surface area contributed by atoms with Gasteiger partial charge in [0.25, 0.3) is 11.6 Å². The van der Waals surface area contributed by atoms with Crippen LogP contribution in [0.3, 0.4) is 0 Å². The van der Waals surface area contributed by atoms with Crippen molar-refractivity contribution < 1.29 is 14.7 Å². The van der Waals surface area contributed by atoms with Gasteiger partial charge in [0, 0.05) is 19.2 Å². The van der Waals surface area contributed by atoms with Crippen molar-refractivity contribution in [2.75, 3.05) is 18.6 Å². The summed E-state index contributed by atoms with van der Waals surface area (Å²) in [6, 6.07) is 3.97. The highest BCUT2D eigenvalue weighted by Gasteiger charge is 2.21. The van der Waals surface area contributed by atoms with E-state index in [2.05, 4.69) is 5.48 Å². The van der Waals surface area contributed by atoms with Gasteiger partial charge in [0.05, 0.1) is 10.6 Å². The van der Waals surface area contributed by atoms with Crippen molar-refractivity contribution >= 4 is 17.3 Å². The Labute approximate surface area is 96.0 Å². The molecule has 1 fully saturated rings. The molecule has 0 unspecified atom stereocenters. The Bertz CT molecular complexity index is 472. The van der Waals surface area contributed by atoms with Gasteiger partial charge in [-0.15, -0.1) is 0 Å². The van der Waals surface area contributed by atoms with Gasteiger partial charge in [0.2, 0.25) is 0 Å². The lowest BCUT2D eigenvalue weighted by atomic mass is 10.1. The lowest BCUT2D eigenvalue weighted by Gasteiger charge is -2.06. The minimum Gasteiger partial charge on any atom is -0.365 e. The molecule has 1 heterocycles. The number of nitrogens with zero attached hydrogens (tertiary/aromatic N) is 2. The van der Waals surface area contributed by atoms with Crippen molar-refractivity contribution in [1.82, 2.24) is 5.06 Å². The molecule has 17 heavy (non-hydrogen) atoms. The van der Waals surface area contributed by atoms with Crippen LogP contribution < -0.4 is 11.2 Å². The average Bonchev–Trinajstić information content (AvgIpc) is 3.09. The molecule has 8 nitrogen and oxygen atoms in total. The molecule has 0 aromatic heterocycles. The van der Waals surface area contributed by atoms with Crippen molar-refractivity contribution in [3.05, 3.63) is 33.9 Å². The summed E-state index contributed by atoms with van der Waals surface area (Å²) in [6.07, 6.45) is 0. The average molecular weight is 238 g/mol. The maximum absolute atomic E-state index is 11.0. The fourth-order valence-corrected chi connectivity index (χ4v) is 1.20. The molecule has 8 heteroatoms. The first-order valence-electron chi connectivity index (χ1n) is 4.84. The zero-order chi connectivity index (χ0) is 12.4. The van der Waals surface area contributed by atoms with Crippen molar-refractivity contribution in [2.45, 2.75) is 0 Å². The van der Waals surface area contributed by atoms with E-state index in [4.69, 9.17) is 10.7 Å². The number of amides is 1. The predicted molar refractivity (Wildman–Crippen MR) is 57.9 cm³/mol. The molecule has 2 rings (SSSR count). The SMILES string of the molecule is NC(=O)c1ccc(NON2CC2)cc1[N+](=O)[O-]. The summed E-state index contributed by atoms with van der Waals surface area (Å²) in [5.41, 5.74) is 7.47. The monoisotopic (exact) mass is 238 g/mol. The van der Waals surface area contributed by atoms with Crippen LogP contribution in [0.5, 0.6) is 0 Å². The summed E-state index contributed by atoms with van der Waals surface area (Å²) in [5.74, 6) is -0.838. The molecule has 1 aliphatic rings. The number of nitro groups is 1. The molecule has 0 saturated carbocycles. The Morgan fingerprint density at radius 1 is 1.53 bits per heavy atom. The van der Waals surface area contributed by atoms with E-state index in [1.165, 1.54) is 18.2 Å². The Kier molecular flexibility index (Phi) is 2.90. The molecule has 1 aromatic rings. The number of benzene rings is 1. The molecule has 1 aliphatic heterocycles. The zero-order valence-electron chi connectivity index (χ0n) is 8.75. The molecule has 0 radical (unpaired) electrons. The van der Waals surface area contributed by atoms with E-state index in [-0.39, 0.29) is 11.3 Å². The molecule has 1 amide bonds. The van der Waals surface area contributed by atoms with E-state index >= 15 is 0 Å². The maximum atomic E-state index is 11.0. The molecular formula is C9H10N4O4. The van der Waals surface area contributed by atoms with Gasteiger partial charge in [-0.3, -0.25) is 14.9 Å². The first-order chi connectivity index (χ1) is 8.08. The summed E-state index contributed by atoms with van der Waals surface area (Å²) in [6.45, 7) is 1.63. The van der Waals surface area contributed by atoms with E-state index in [1.807, 2.05) is 0 Å². The fourth-order valence-electron chi connectivity index (χ4n) is 1.20. The van der Waals surface area contributed by atoms with Crippen LogP contribution in [-0.2, 0) is 4.94 Å². The first kappa shape index (κ1) is 11.3. The summed E-state index contributed by atoms with van der Waals surface area (Å²) in [4.78, 5) is 26.1. The fraction of sp³-hybridized carbons (Fsp3) is 0.222. The van der Waals surface area contributed by atoms with E-state index < -0.39 is 10.8 Å². The van der Waals surface area contributed by atoms with Crippen molar-refractivity contribution in [3.8, 4) is 0 Å². The number of hydrogen-bond donors (Lipinski definition) is 2. The highest BCUT2D eigenvalue weighted by Crippen LogP contribution is 2.23. The zero-order valence-corrected chi connectivity index (χ0v) is 8.75. The third-order valence-electron chi connectivity index (χ3n) is 2.16. The molecule has 3 N–H and O–H groups in total. The number of hydroxylamine groups is 2. The number of hydrogen-bond acceptors (Lipinski definition) is 6. The summed E-state index contributed by atoms with van der Waals surface area (Å²) in [5, 5.41) is 12.4. The molecular weight excluding hydrogens is 228 g/mol. The molecule has 0 spiro atoms. The lowest BCUT2D eigenvalue weighted by Crippen LogP contribution is -2.14. The van der Waals surface area contributed by atoms with Gasteiger partial charge in [-0.2, -0.15) is 10.0 Å². The molecule has 0 bridgehead atoms. The second kappa shape index (κ2) is 4.36. The van der Waals surface area contributed by atoms with Crippen LogP contribution in [0.4, 0.5) is 11.4 Å². The predicted octanol–water partition coefficient (Wildman–Crippen LogP) is 0.268. The lowest BCUT2D eigenvalue weighted by molar-refractivity contribution is -0.385. The third-order valence-corrected chi connectivity index (χ3v) is 2.16. The Hall–Kier alpha value is -2.19. The number of anilines is 1. The minimum atomic E-state index is -0.838. The van der Waals surface area contributed by atoms with Crippen LogP contribution in [-0.4, -0.2) is 29.0 Å². The first-order valence-corrected chi connectivity index (χ1v) is 4.84. The quantitative estimate of drug-likeness (QED) is 0.432. The highest BCUT2D eigenvalue weighted by atomic mass is 16.8. The van der Waals surface area contributed by atoms with Gasteiger partial charge < -0.3 is 5.73 Å². The van der Waals surface area contributed by atoms with Gasteiger partial charge >= 0.3 is 0 Å². The van der Waals surface area contributed by atoms with E-state index in [0.717, 1.165) is 13.1 Å². The smallest absolute Gasteiger partial charge is 0.284 e. The second-order valence-electron chi connectivity index (χ2n) is 3.48. The van der Waals surface area contributed by atoms with Crippen molar-refractivity contribution in [1.29, 1.82) is 0 Å². The Balaban J connectivity index is 2.20. The van der Waals surface area contributed by atoms with Crippen molar-refractivity contribution in [3.63, 3.8) is 0 Å². The van der Waals surface area contributed by atoms with E-state index in [0.29, 0.717) is 5.69 Å². The van der Waals surface area contributed by atoms with Crippen LogP contribution in [0, 0.1) is 10.1 Å². The molecule has 0 aliphatic carbocycles. The van der Waals surface area contributed by atoms with Gasteiger partial charge in [-0.25, -0.2) is 5.48 Å². The largest absolute Gasteiger partial charge is 0.365 e. The summed E-state index contributed by atoms with van der Waals surface area (Å²) < 4.78 is 0. The normalized spacial score (nSPS) is 14.4. The van der Waals surface area contributed by atoms with Crippen LogP contribution in [0.15, 0.2) is 18.2 Å². The van der Waals surface area contributed by atoms with Crippen LogP contribution in [0.1, 0.15) is 10.4 Å². The van der Waals surface area contributed by atoms with Gasteiger partial charge in [0.15, 0.2) is 0 Å². The minimum absolute atomic E-state index is 0.132. The topological polar surface area (TPSA) is 111 Å². The van der Waals surface area contributed by atoms with Crippen LogP contribution in [0.2, 0.25) is 0 Å². The van der Waals surface area contributed by atoms with Gasteiger partial charge in [-0.1, -0.05) is 0 Å². The maximum Gasteiger partial charge on any atom is 0.284 e. The Morgan fingerprint density at radius 2 is 2.24 bits per heavy atom. The number of primary amides is 1. The third kappa shape index (κ3) is 2.68. The summed E-state index contributed by atoms with van der Waals surface area (Å²) >= 11 is 0. The van der Waals surface area contributed by atoms with E-state index in [1.54, 1.807) is 5.06 Å². The number of rotatable bonds is 5. The van der Waals surface area contributed by atoms with Crippen molar-refractivity contribution in [2.24, 2.45) is 5.73 Å². The highest BCUT2D eigenvalue weighted by molar-refractivity contribution is 5.97. The van der Waals surface area contributed by atoms with Crippen LogP contribution >= 0.6 is 0 Å². The number of nitrogens with one attached hydrogen (secondary N) is 1. The molecule has 90 valence electrons. The number of carbonyl (C=O) groups excluding carboxylic acids is 1. The number of carbonyl (C=O) groups is 1. The standard InChI is InChI=1S/C9H10N4O4/c10-9(14)7-2-1-6(5-8(7)13(15)16)11-17-12-3-4-12/h1-2,5,11H,3-4H2,(H2,10,14). The summed E-state index contributed by atoms with van der Waals surface area (Å²) in [7, 11) is 0. The molecule has 1 saturated heterocycles.